The molecule has 5 nitrogen and oxygen atoms in total. The van der Waals surface area contributed by atoms with E-state index in [2.05, 4.69) is 5.09 Å². The average Bonchev–Trinajstić information content (AvgIpc) is 2.57. The maximum atomic E-state index is 13.2. The van der Waals surface area contributed by atoms with Crippen LogP contribution in [0.3, 0.4) is 0 Å². The highest BCUT2D eigenvalue weighted by Gasteiger charge is 2.34. The van der Waals surface area contributed by atoms with Gasteiger partial charge in [-0.15, -0.1) is 0 Å². The molecule has 1 aliphatic rings. The van der Waals surface area contributed by atoms with Crippen LogP contribution in [0.2, 0.25) is 5.02 Å². The molecular weight excluding hydrogens is 361 g/mol. The Kier molecular flexibility index (Phi) is 7.36. The highest BCUT2D eigenvalue weighted by Crippen LogP contribution is 2.48. The molecule has 1 aromatic carbocycles. The van der Waals surface area contributed by atoms with Crippen LogP contribution >= 0.6 is 19.1 Å². The van der Waals surface area contributed by atoms with Crippen molar-refractivity contribution in [1.29, 1.82) is 0 Å². The van der Waals surface area contributed by atoms with E-state index in [-0.39, 0.29) is 17.7 Å². The first-order valence-corrected chi connectivity index (χ1v) is 10.9. The van der Waals surface area contributed by atoms with Crippen molar-refractivity contribution in [2.45, 2.75) is 70.7 Å². The van der Waals surface area contributed by atoms with Crippen LogP contribution in [0.25, 0.3) is 0 Å². The van der Waals surface area contributed by atoms with Crippen LogP contribution in [-0.2, 0) is 14.1 Å². The monoisotopic (exact) mass is 387 g/mol. The number of benzene rings is 1. The van der Waals surface area contributed by atoms with E-state index in [4.69, 9.17) is 20.9 Å². The molecule has 1 saturated carbocycles. The van der Waals surface area contributed by atoms with Crippen molar-refractivity contribution in [3.63, 3.8) is 0 Å². The summed E-state index contributed by atoms with van der Waals surface area (Å²) in [6.45, 7) is 5.25. The molecule has 25 heavy (non-hydrogen) atoms. The molecule has 140 valence electrons. The first-order valence-electron chi connectivity index (χ1n) is 8.83. The summed E-state index contributed by atoms with van der Waals surface area (Å²) in [5.41, 5.74) is -0.298. The second-order valence-electron chi connectivity index (χ2n) is 6.78. The Morgan fingerprint density at radius 2 is 1.76 bits per heavy atom. The molecular formula is C18H27ClNO4P. The van der Waals surface area contributed by atoms with Crippen molar-refractivity contribution < 1.29 is 18.6 Å². The highest BCUT2D eigenvalue weighted by atomic mass is 35.5. The molecule has 0 aliphatic heterocycles. The van der Waals surface area contributed by atoms with Gasteiger partial charge in [0.1, 0.15) is 17.9 Å². The summed E-state index contributed by atoms with van der Waals surface area (Å²) in [6, 6.07) is 5.95. The molecule has 2 atom stereocenters. The smallest absolute Gasteiger partial charge is 0.323 e. The number of ether oxygens (including phenoxy) is 1. The van der Waals surface area contributed by atoms with Crippen LogP contribution in [0.1, 0.15) is 52.9 Å². The predicted octanol–water partition coefficient (Wildman–Crippen LogP) is 5.17. The zero-order chi connectivity index (χ0) is 18.4. The van der Waals surface area contributed by atoms with Gasteiger partial charge in [0.05, 0.1) is 5.66 Å². The van der Waals surface area contributed by atoms with Crippen molar-refractivity contribution in [2.75, 3.05) is 0 Å². The van der Waals surface area contributed by atoms with E-state index in [9.17, 15) is 9.36 Å². The fourth-order valence-electron chi connectivity index (χ4n) is 2.70. The second kappa shape index (κ2) is 9.07. The van der Waals surface area contributed by atoms with E-state index in [1.54, 1.807) is 45.0 Å². The summed E-state index contributed by atoms with van der Waals surface area (Å²) >= 11 is 5.86. The number of carbonyl (C=O) groups excluding carboxylic acids is 1. The maximum Gasteiger partial charge on any atom is 0.323 e. The molecule has 0 saturated heterocycles. The van der Waals surface area contributed by atoms with Crippen molar-refractivity contribution >= 4 is 25.1 Å². The zero-order valence-electron chi connectivity index (χ0n) is 15.0. The SMILES string of the molecule is CC(C)P(=O)(N[C@@H](C)C(=O)OC1CCCCC1)Oc1ccc(Cl)cc1. The van der Waals surface area contributed by atoms with Gasteiger partial charge >= 0.3 is 13.5 Å². The molecule has 0 aromatic heterocycles. The van der Waals surface area contributed by atoms with Gasteiger partial charge in [0.2, 0.25) is 0 Å². The first kappa shape index (κ1) is 20.3. The van der Waals surface area contributed by atoms with Gasteiger partial charge in [0, 0.05) is 5.02 Å². The quantitative estimate of drug-likeness (QED) is 0.516. The van der Waals surface area contributed by atoms with E-state index in [1.165, 1.54) is 6.42 Å². The summed E-state index contributed by atoms with van der Waals surface area (Å²) < 4.78 is 24.5. The molecule has 2 rings (SSSR count). The Labute approximate surface area is 154 Å². The highest BCUT2D eigenvalue weighted by molar-refractivity contribution is 7.58. The topological polar surface area (TPSA) is 64.6 Å². The van der Waals surface area contributed by atoms with Gasteiger partial charge in [-0.05, 0) is 56.9 Å². The Hall–Kier alpha value is -1.03. The number of hydrogen-bond donors (Lipinski definition) is 1. The van der Waals surface area contributed by atoms with E-state index in [0.29, 0.717) is 10.8 Å². The van der Waals surface area contributed by atoms with Crippen LogP contribution in [0.4, 0.5) is 0 Å². The third-order valence-electron chi connectivity index (χ3n) is 4.30. The molecule has 0 spiro atoms. The Balaban J connectivity index is 1.99. The number of halogens is 1. The molecule has 0 radical (unpaired) electrons. The Morgan fingerprint density at radius 3 is 2.32 bits per heavy atom. The summed E-state index contributed by atoms with van der Waals surface area (Å²) in [7, 11) is -3.29. The Bertz CT molecular complexity index is 614. The second-order valence-corrected chi connectivity index (χ2v) is 9.89. The summed E-state index contributed by atoms with van der Waals surface area (Å²) in [6.07, 6.45) is 5.15. The summed E-state index contributed by atoms with van der Waals surface area (Å²) in [5, 5.41) is 3.44. The number of esters is 1. The predicted molar refractivity (Wildman–Crippen MR) is 100 cm³/mol. The lowest BCUT2D eigenvalue weighted by molar-refractivity contribution is -0.152. The average molecular weight is 388 g/mol. The number of rotatable bonds is 7. The van der Waals surface area contributed by atoms with Crippen molar-refractivity contribution in [3.8, 4) is 5.75 Å². The molecule has 0 amide bonds. The van der Waals surface area contributed by atoms with Gasteiger partial charge in [0.15, 0.2) is 0 Å². The minimum Gasteiger partial charge on any atom is -0.461 e. The van der Waals surface area contributed by atoms with Crippen LogP contribution < -0.4 is 9.61 Å². The van der Waals surface area contributed by atoms with Gasteiger partial charge in [-0.25, -0.2) is 5.09 Å². The molecule has 0 heterocycles. The van der Waals surface area contributed by atoms with Gasteiger partial charge < -0.3 is 9.26 Å². The minimum absolute atomic E-state index is 0.0267. The van der Waals surface area contributed by atoms with Crippen LogP contribution in [0.15, 0.2) is 24.3 Å². The Morgan fingerprint density at radius 1 is 1.16 bits per heavy atom. The lowest BCUT2D eigenvalue weighted by Crippen LogP contribution is -2.38. The lowest BCUT2D eigenvalue weighted by Gasteiger charge is -2.28. The van der Waals surface area contributed by atoms with E-state index >= 15 is 0 Å². The van der Waals surface area contributed by atoms with Crippen LogP contribution in [0, 0.1) is 0 Å². The molecule has 7 heteroatoms. The first-order chi connectivity index (χ1) is 11.8. The summed E-state index contributed by atoms with van der Waals surface area (Å²) in [4.78, 5) is 12.3. The number of hydrogen-bond acceptors (Lipinski definition) is 4. The molecule has 1 unspecified atom stereocenters. The van der Waals surface area contributed by atoms with Crippen molar-refractivity contribution in [3.05, 3.63) is 29.3 Å². The maximum absolute atomic E-state index is 13.2. The van der Waals surface area contributed by atoms with Gasteiger partial charge in [-0.2, -0.15) is 0 Å². The largest absolute Gasteiger partial charge is 0.461 e. The molecule has 1 aromatic rings. The summed E-state index contributed by atoms with van der Waals surface area (Å²) in [5.74, 6) is 0.0641. The van der Waals surface area contributed by atoms with Gasteiger partial charge in [-0.3, -0.25) is 9.36 Å². The van der Waals surface area contributed by atoms with E-state index in [0.717, 1.165) is 25.7 Å². The minimum atomic E-state index is -3.29. The van der Waals surface area contributed by atoms with Crippen molar-refractivity contribution in [1.82, 2.24) is 5.09 Å². The van der Waals surface area contributed by atoms with Crippen LogP contribution in [0.5, 0.6) is 5.75 Å². The molecule has 1 N–H and O–H groups in total. The fourth-order valence-corrected chi connectivity index (χ4v) is 4.47. The third-order valence-corrected chi connectivity index (χ3v) is 7.14. The number of carbonyl (C=O) groups is 1. The number of nitrogens with one attached hydrogen (secondary N) is 1. The van der Waals surface area contributed by atoms with E-state index < -0.39 is 13.6 Å². The molecule has 0 bridgehead atoms. The third kappa shape index (κ3) is 6.02. The molecule has 1 fully saturated rings. The lowest BCUT2D eigenvalue weighted by atomic mass is 9.98. The van der Waals surface area contributed by atoms with Gasteiger partial charge in [0.25, 0.3) is 0 Å². The van der Waals surface area contributed by atoms with Crippen molar-refractivity contribution in [2.24, 2.45) is 0 Å². The van der Waals surface area contributed by atoms with Gasteiger partial charge in [-0.1, -0.05) is 31.9 Å². The molecule has 1 aliphatic carbocycles. The van der Waals surface area contributed by atoms with E-state index in [1.807, 2.05) is 0 Å². The zero-order valence-corrected chi connectivity index (χ0v) is 16.7. The fraction of sp³-hybridized carbons (Fsp3) is 0.611. The normalized spacial score (nSPS) is 19.2. The standard InChI is InChI=1S/C18H27ClNO4P/c1-13(2)25(22,24-17-11-9-15(19)10-12-17)20-14(3)18(21)23-16-7-5-4-6-8-16/h9-14,16H,4-8H2,1-3H3,(H,20,22)/t14-,25?/m0/s1. The van der Waals surface area contributed by atoms with Crippen LogP contribution in [-0.4, -0.2) is 23.8 Å².